The van der Waals surface area contributed by atoms with Crippen molar-refractivity contribution in [3.63, 3.8) is 0 Å². The maximum Gasteiger partial charge on any atom is 0.0702 e. The highest BCUT2D eigenvalue weighted by atomic mass is 127. The van der Waals surface area contributed by atoms with E-state index in [2.05, 4.69) is 82.3 Å². The molecule has 3 heteroatoms. The number of rotatable bonds is 3. The number of anilines is 1. The molecule has 3 aromatic rings. The lowest BCUT2D eigenvalue weighted by Crippen LogP contribution is -2.01. The van der Waals surface area contributed by atoms with Crippen LogP contribution in [0, 0.1) is 10.5 Å². The molecule has 0 aliphatic carbocycles. The summed E-state index contributed by atoms with van der Waals surface area (Å²) >= 11 is 2.37. The topological polar surface area (TPSA) is 24.9 Å². The Labute approximate surface area is 132 Å². The lowest BCUT2D eigenvalue weighted by Gasteiger charge is -2.11. The highest BCUT2D eigenvalue weighted by Crippen LogP contribution is 2.21. The Morgan fingerprint density at radius 3 is 2.90 bits per heavy atom. The van der Waals surface area contributed by atoms with Crippen molar-refractivity contribution in [1.82, 2.24) is 4.98 Å². The molecule has 0 saturated heterocycles. The minimum absolute atomic E-state index is 0.825. The van der Waals surface area contributed by atoms with Crippen LogP contribution in [0.3, 0.4) is 0 Å². The van der Waals surface area contributed by atoms with E-state index in [1.807, 2.05) is 12.3 Å². The van der Waals surface area contributed by atoms with Gasteiger partial charge in [-0.15, -0.1) is 0 Å². The van der Waals surface area contributed by atoms with Crippen LogP contribution in [0.15, 0.2) is 54.7 Å². The van der Waals surface area contributed by atoms with Crippen LogP contribution in [0.2, 0.25) is 0 Å². The van der Waals surface area contributed by atoms with Gasteiger partial charge < -0.3 is 5.32 Å². The van der Waals surface area contributed by atoms with Crippen LogP contribution >= 0.6 is 22.6 Å². The lowest BCUT2D eigenvalue weighted by molar-refractivity contribution is 1.14. The Morgan fingerprint density at radius 1 is 1.10 bits per heavy atom. The van der Waals surface area contributed by atoms with Crippen molar-refractivity contribution in [3.05, 3.63) is 69.4 Å². The van der Waals surface area contributed by atoms with E-state index in [4.69, 9.17) is 0 Å². The zero-order valence-electron chi connectivity index (χ0n) is 11.2. The summed E-state index contributed by atoms with van der Waals surface area (Å²) in [5.41, 5.74) is 4.81. The number of benzene rings is 2. The summed E-state index contributed by atoms with van der Waals surface area (Å²) in [6.45, 7) is 2.97. The summed E-state index contributed by atoms with van der Waals surface area (Å²) in [6.07, 6.45) is 1.83. The number of fused-ring (bicyclic) bond motifs is 1. The van der Waals surface area contributed by atoms with Gasteiger partial charge in [0.15, 0.2) is 0 Å². The Balaban J connectivity index is 1.81. The monoisotopic (exact) mass is 374 g/mol. The van der Waals surface area contributed by atoms with Crippen molar-refractivity contribution >= 4 is 39.2 Å². The minimum Gasteiger partial charge on any atom is -0.381 e. The fourth-order valence-corrected chi connectivity index (χ4v) is 2.73. The number of nitrogens with one attached hydrogen (secondary N) is 1. The molecule has 2 aromatic carbocycles. The molecule has 0 bridgehead atoms. The highest BCUT2D eigenvalue weighted by Gasteiger charge is 2.02. The van der Waals surface area contributed by atoms with E-state index in [1.54, 1.807) is 0 Å². The average Bonchev–Trinajstić information content (AvgIpc) is 2.48. The third-order valence-corrected chi connectivity index (χ3v) is 4.59. The normalized spacial score (nSPS) is 10.7. The second-order valence-corrected chi connectivity index (χ2v) is 5.96. The van der Waals surface area contributed by atoms with Crippen molar-refractivity contribution in [3.8, 4) is 0 Å². The van der Waals surface area contributed by atoms with Crippen LogP contribution in [-0.2, 0) is 6.54 Å². The summed E-state index contributed by atoms with van der Waals surface area (Å²) in [6, 6.07) is 16.8. The van der Waals surface area contributed by atoms with Gasteiger partial charge in [0, 0.05) is 27.4 Å². The van der Waals surface area contributed by atoms with E-state index in [9.17, 15) is 0 Å². The van der Waals surface area contributed by atoms with Gasteiger partial charge in [0.05, 0.1) is 5.52 Å². The SMILES string of the molecule is Cc1c(I)cccc1NCc1ccc2ncccc2c1. The van der Waals surface area contributed by atoms with Crippen LogP contribution in [-0.4, -0.2) is 4.98 Å². The van der Waals surface area contributed by atoms with Crippen LogP contribution in [0.25, 0.3) is 10.9 Å². The Hall–Kier alpha value is -1.62. The first-order chi connectivity index (χ1) is 9.74. The highest BCUT2D eigenvalue weighted by molar-refractivity contribution is 14.1. The molecule has 0 atom stereocenters. The summed E-state index contributed by atoms with van der Waals surface area (Å²) in [4.78, 5) is 4.34. The molecule has 0 saturated carbocycles. The number of halogens is 1. The smallest absolute Gasteiger partial charge is 0.0702 e. The average molecular weight is 374 g/mol. The number of pyridine rings is 1. The van der Waals surface area contributed by atoms with Gasteiger partial charge in [-0.3, -0.25) is 4.98 Å². The fourth-order valence-electron chi connectivity index (χ4n) is 2.23. The first-order valence-electron chi connectivity index (χ1n) is 6.57. The Morgan fingerprint density at radius 2 is 2.00 bits per heavy atom. The maximum atomic E-state index is 4.34. The van der Waals surface area contributed by atoms with Gasteiger partial charge in [-0.2, -0.15) is 0 Å². The Bertz CT molecular complexity index is 753. The molecule has 1 heterocycles. The van der Waals surface area contributed by atoms with Crippen LogP contribution < -0.4 is 5.32 Å². The van der Waals surface area contributed by atoms with Crippen molar-refractivity contribution in [2.24, 2.45) is 0 Å². The molecule has 1 aromatic heterocycles. The van der Waals surface area contributed by atoms with Gasteiger partial charge in [0.1, 0.15) is 0 Å². The molecular formula is C17H15IN2. The molecular weight excluding hydrogens is 359 g/mol. The zero-order chi connectivity index (χ0) is 13.9. The van der Waals surface area contributed by atoms with Gasteiger partial charge in [-0.05, 0) is 71.0 Å². The molecule has 2 nitrogen and oxygen atoms in total. The van der Waals surface area contributed by atoms with Gasteiger partial charge in [-0.1, -0.05) is 18.2 Å². The third kappa shape index (κ3) is 2.77. The van der Waals surface area contributed by atoms with E-state index < -0.39 is 0 Å². The van der Waals surface area contributed by atoms with Gasteiger partial charge in [0.25, 0.3) is 0 Å². The number of nitrogens with zero attached hydrogens (tertiary/aromatic N) is 1. The largest absolute Gasteiger partial charge is 0.381 e. The molecule has 0 fully saturated rings. The van der Waals surface area contributed by atoms with Gasteiger partial charge in [0.2, 0.25) is 0 Å². The second kappa shape index (κ2) is 5.79. The fraction of sp³-hybridized carbons (Fsp3) is 0.118. The van der Waals surface area contributed by atoms with E-state index in [-0.39, 0.29) is 0 Å². The molecule has 100 valence electrons. The van der Waals surface area contributed by atoms with E-state index in [1.165, 1.54) is 25.8 Å². The van der Waals surface area contributed by atoms with Crippen LogP contribution in [0.5, 0.6) is 0 Å². The predicted molar refractivity (Wildman–Crippen MR) is 93.0 cm³/mol. The van der Waals surface area contributed by atoms with Crippen molar-refractivity contribution in [2.75, 3.05) is 5.32 Å². The van der Waals surface area contributed by atoms with E-state index in [0.717, 1.165) is 12.1 Å². The number of hydrogen-bond donors (Lipinski definition) is 1. The predicted octanol–water partition coefficient (Wildman–Crippen LogP) is 4.76. The summed E-state index contributed by atoms with van der Waals surface area (Å²) in [5, 5.41) is 4.70. The molecule has 1 N–H and O–H groups in total. The van der Waals surface area contributed by atoms with Crippen molar-refractivity contribution in [2.45, 2.75) is 13.5 Å². The molecule has 0 aliphatic heterocycles. The summed E-state index contributed by atoms with van der Waals surface area (Å²) in [5.74, 6) is 0. The maximum absolute atomic E-state index is 4.34. The summed E-state index contributed by atoms with van der Waals surface area (Å²) in [7, 11) is 0. The molecule has 20 heavy (non-hydrogen) atoms. The molecule has 0 spiro atoms. The van der Waals surface area contributed by atoms with E-state index >= 15 is 0 Å². The van der Waals surface area contributed by atoms with Crippen molar-refractivity contribution < 1.29 is 0 Å². The quantitative estimate of drug-likeness (QED) is 0.669. The second-order valence-electron chi connectivity index (χ2n) is 4.80. The third-order valence-electron chi connectivity index (χ3n) is 3.42. The number of hydrogen-bond acceptors (Lipinski definition) is 2. The minimum atomic E-state index is 0.825. The summed E-state index contributed by atoms with van der Waals surface area (Å²) < 4.78 is 1.29. The molecule has 3 rings (SSSR count). The zero-order valence-corrected chi connectivity index (χ0v) is 13.4. The van der Waals surface area contributed by atoms with Crippen LogP contribution in [0.1, 0.15) is 11.1 Å². The Kier molecular flexibility index (Phi) is 3.87. The van der Waals surface area contributed by atoms with Gasteiger partial charge in [-0.25, -0.2) is 0 Å². The first-order valence-corrected chi connectivity index (χ1v) is 7.64. The van der Waals surface area contributed by atoms with Crippen molar-refractivity contribution in [1.29, 1.82) is 0 Å². The molecule has 0 radical (unpaired) electrons. The first kappa shape index (κ1) is 13.4. The van der Waals surface area contributed by atoms with Crippen LogP contribution in [0.4, 0.5) is 5.69 Å². The standard InChI is InChI=1S/C17H15IN2/c1-12-15(18)5-2-6-16(12)20-11-13-7-8-17-14(10-13)4-3-9-19-17/h2-10,20H,11H2,1H3. The van der Waals surface area contributed by atoms with Gasteiger partial charge >= 0.3 is 0 Å². The lowest BCUT2D eigenvalue weighted by atomic mass is 10.1. The molecule has 0 unspecified atom stereocenters. The molecule has 0 amide bonds. The van der Waals surface area contributed by atoms with E-state index in [0.29, 0.717) is 0 Å². The number of aromatic nitrogens is 1. The molecule has 0 aliphatic rings.